The van der Waals surface area contributed by atoms with E-state index in [9.17, 15) is 0 Å². The zero-order chi connectivity index (χ0) is 13.6. The number of aliphatic imine (C=N–C) groups is 1. The summed E-state index contributed by atoms with van der Waals surface area (Å²) in [5.74, 6) is 1.97. The van der Waals surface area contributed by atoms with Gasteiger partial charge in [0.2, 0.25) is 0 Å². The third-order valence-electron chi connectivity index (χ3n) is 3.58. The van der Waals surface area contributed by atoms with Crippen molar-refractivity contribution in [2.75, 3.05) is 32.4 Å². The topological polar surface area (TPSA) is 27.6 Å². The van der Waals surface area contributed by atoms with E-state index in [2.05, 4.69) is 44.2 Å². The van der Waals surface area contributed by atoms with Crippen LogP contribution in [0.15, 0.2) is 4.99 Å². The number of piperidine rings is 1. The van der Waals surface area contributed by atoms with Crippen molar-refractivity contribution in [1.29, 1.82) is 0 Å². The fraction of sp³-hybridized carbons (Fsp3) is 0.929. The van der Waals surface area contributed by atoms with Crippen LogP contribution in [0.1, 0.15) is 40.5 Å². The van der Waals surface area contributed by atoms with Gasteiger partial charge >= 0.3 is 0 Å². The van der Waals surface area contributed by atoms with Crippen molar-refractivity contribution in [3.63, 3.8) is 0 Å². The smallest absolute Gasteiger partial charge is 0.193 e. The minimum atomic E-state index is 0.226. The van der Waals surface area contributed by atoms with E-state index in [1.165, 1.54) is 12.8 Å². The van der Waals surface area contributed by atoms with Crippen LogP contribution in [0, 0.1) is 5.92 Å². The minimum Gasteiger partial charge on any atom is -0.357 e. The van der Waals surface area contributed by atoms with Crippen LogP contribution < -0.4 is 5.32 Å². The Bertz CT molecular complexity index is 268. The van der Waals surface area contributed by atoms with Crippen LogP contribution in [-0.4, -0.2) is 48.0 Å². The van der Waals surface area contributed by atoms with Crippen molar-refractivity contribution < 1.29 is 0 Å². The molecule has 1 rings (SSSR count). The molecule has 1 N–H and O–H groups in total. The molecule has 0 bridgehead atoms. The highest BCUT2D eigenvalue weighted by Crippen LogP contribution is 2.22. The maximum atomic E-state index is 4.82. The molecule has 1 saturated heterocycles. The predicted molar refractivity (Wildman–Crippen MR) is 83.5 cm³/mol. The molecule has 0 amide bonds. The molecule has 0 atom stereocenters. The van der Waals surface area contributed by atoms with Gasteiger partial charge in [-0.25, -0.2) is 0 Å². The molecule has 1 aliphatic heterocycles. The summed E-state index contributed by atoms with van der Waals surface area (Å²) in [6.45, 7) is 13.1. The van der Waals surface area contributed by atoms with Gasteiger partial charge in [-0.1, -0.05) is 6.92 Å². The summed E-state index contributed by atoms with van der Waals surface area (Å²) in [6, 6.07) is 0. The molecular weight excluding hydrogens is 242 g/mol. The van der Waals surface area contributed by atoms with Crippen LogP contribution in [0.25, 0.3) is 0 Å². The summed E-state index contributed by atoms with van der Waals surface area (Å²) in [4.78, 5) is 7.23. The van der Waals surface area contributed by atoms with Crippen molar-refractivity contribution in [1.82, 2.24) is 10.2 Å². The summed E-state index contributed by atoms with van der Waals surface area (Å²) in [6.07, 6.45) is 4.73. The van der Waals surface area contributed by atoms with E-state index in [1.807, 2.05) is 11.8 Å². The molecule has 1 heterocycles. The van der Waals surface area contributed by atoms with Crippen LogP contribution in [-0.2, 0) is 0 Å². The van der Waals surface area contributed by atoms with Crippen molar-refractivity contribution in [3.05, 3.63) is 0 Å². The first kappa shape index (κ1) is 15.7. The van der Waals surface area contributed by atoms with Crippen LogP contribution in [0.4, 0.5) is 0 Å². The Hall–Kier alpha value is -0.380. The third-order valence-corrected chi connectivity index (χ3v) is 4.81. The molecule has 0 aromatic carbocycles. The Morgan fingerprint density at radius 1 is 1.39 bits per heavy atom. The van der Waals surface area contributed by atoms with Gasteiger partial charge in [0.05, 0.1) is 6.54 Å². The lowest BCUT2D eigenvalue weighted by molar-refractivity contribution is 0.273. The summed E-state index contributed by atoms with van der Waals surface area (Å²) in [5.41, 5.74) is 0. The van der Waals surface area contributed by atoms with Crippen LogP contribution in [0.2, 0.25) is 0 Å². The highest BCUT2D eigenvalue weighted by atomic mass is 32.2. The lowest BCUT2D eigenvalue weighted by Gasteiger charge is -2.33. The average molecular weight is 271 g/mol. The standard InChI is InChI=1S/C14H29N3S/c1-6-15-13(16-11-14(3,4)18-5)17-9-7-12(2)8-10-17/h12H,6-11H2,1-5H3,(H,15,16). The number of nitrogens with zero attached hydrogens (tertiary/aromatic N) is 2. The second-order valence-corrected chi connectivity index (χ2v) is 7.32. The molecule has 4 heteroatoms. The first-order valence-electron chi connectivity index (χ1n) is 7.07. The number of hydrogen-bond donors (Lipinski definition) is 1. The quantitative estimate of drug-likeness (QED) is 0.629. The van der Waals surface area contributed by atoms with E-state index in [4.69, 9.17) is 4.99 Å². The molecule has 0 unspecified atom stereocenters. The first-order chi connectivity index (χ1) is 8.48. The van der Waals surface area contributed by atoms with Gasteiger partial charge in [-0.2, -0.15) is 11.8 Å². The largest absolute Gasteiger partial charge is 0.357 e. The van der Waals surface area contributed by atoms with Crippen LogP contribution >= 0.6 is 11.8 Å². The van der Waals surface area contributed by atoms with Gasteiger partial charge in [0.25, 0.3) is 0 Å². The van der Waals surface area contributed by atoms with Crippen molar-refractivity contribution >= 4 is 17.7 Å². The van der Waals surface area contributed by atoms with Crippen molar-refractivity contribution in [3.8, 4) is 0 Å². The molecule has 3 nitrogen and oxygen atoms in total. The molecule has 0 radical (unpaired) electrons. The fourth-order valence-electron chi connectivity index (χ4n) is 1.98. The van der Waals surface area contributed by atoms with Gasteiger partial charge in [-0.15, -0.1) is 0 Å². The van der Waals surface area contributed by atoms with Gasteiger partial charge in [-0.3, -0.25) is 4.99 Å². The molecule has 1 fully saturated rings. The van der Waals surface area contributed by atoms with Gasteiger partial charge in [0.15, 0.2) is 5.96 Å². The van der Waals surface area contributed by atoms with E-state index in [0.29, 0.717) is 0 Å². The number of hydrogen-bond acceptors (Lipinski definition) is 2. The Balaban J connectivity index is 2.61. The number of thioether (sulfide) groups is 1. The Kier molecular flexibility index (Phi) is 6.33. The molecule has 0 spiro atoms. The van der Waals surface area contributed by atoms with Gasteiger partial charge in [0.1, 0.15) is 0 Å². The van der Waals surface area contributed by atoms with Gasteiger partial charge in [0, 0.05) is 24.4 Å². The lowest BCUT2D eigenvalue weighted by Crippen LogP contribution is -2.45. The first-order valence-corrected chi connectivity index (χ1v) is 8.29. The molecule has 18 heavy (non-hydrogen) atoms. The maximum absolute atomic E-state index is 4.82. The number of likely N-dealkylation sites (tertiary alicyclic amines) is 1. The van der Waals surface area contributed by atoms with E-state index in [-0.39, 0.29) is 4.75 Å². The second kappa shape index (κ2) is 7.27. The zero-order valence-corrected chi connectivity index (χ0v) is 13.4. The summed E-state index contributed by atoms with van der Waals surface area (Å²) in [7, 11) is 0. The highest BCUT2D eigenvalue weighted by Gasteiger charge is 2.20. The normalized spacial score (nSPS) is 19.2. The molecule has 1 aliphatic rings. The third kappa shape index (κ3) is 5.09. The van der Waals surface area contributed by atoms with Crippen LogP contribution in [0.3, 0.4) is 0 Å². The number of rotatable bonds is 4. The maximum Gasteiger partial charge on any atom is 0.193 e. The monoisotopic (exact) mass is 271 g/mol. The van der Waals surface area contributed by atoms with Crippen molar-refractivity contribution in [2.24, 2.45) is 10.9 Å². The summed E-state index contributed by atoms with van der Waals surface area (Å²) < 4.78 is 0.226. The Morgan fingerprint density at radius 2 is 2.00 bits per heavy atom. The molecule has 0 aliphatic carbocycles. The molecule has 0 aromatic heterocycles. The summed E-state index contributed by atoms with van der Waals surface area (Å²) in [5, 5.41) is 3.43. The van der Waals surface area contributed by atoms with Gasteiger partial charge < -0.3 is 10.2 Å². The van der Waals surface area contributed by atoms with E-state index < -0.39 is 0 Å². The molecular formula is C14H29N3S. The minimum absolute atomic E-state index is 0.226. The fourth-order valence-corrected chi connectivity index (χ4v) is 2.17. The zero-order valence-electron chi connectivity index (χ0n) is 12.6. The molecule has 106 valence electrons. The lowest BCUT2D eigenvalue weighted by atomic mass is 9.99. The predicted octanol–water partition coefficient (Wildman–Crippen LogP) is 2.83. The van der Waals surface area contributed by atoms with Crippen molar-refractivity contribution in [2.45, 2.75) is 45.3 Å². The van der Waals surface area contributed by atoms with E-state index in [0.717, 1.165) is 38.1 Å². The molecule has 0 saturated carbocycles. The Labute approximate surface area is 117 Å². The Morgan fingerprint density at radius 3 is 2.50 bits per heavy atom. The number of nitrogens with one attached hydrogen (secondary N) is 1. The van der Waals surface area contributed by atoms with Gasteiger partial charge in [-0.05, 0) is 45.8 Å². The second-order valence-electron chi connectivity index (χ2n) is 5.80. The average Bonchev–Trinajstić information content (AvgIpc) is 2.36. The highest BCUT2D eigenvalue weighted by molar-refractivity contribution is 7.99. The SMILES string of the molecule is CCNC(=NCC(C)(C)SC)N1CCC(C)CC1. The number of guanidine groups is 1. The van der Waals surface area contributed by atoms with Crippen LogP contribution in [0.5, 0.6) is 0 Å². The molecule has 0 aromatic rings. The van der Waals surface area contributed by atoms with E-state index >= 15 is 0 Å². The van der Waals surface area contributed by atoms with E-state index in [1.54, 1.807) is 0 Å². The summed E-state index contributed by atoms with van der Waals surface area (Å²) >= 11 is 1.88.